The number of aromatic nitrogens is 1. The average Bonchev–Trinajstić information content (AvgIpc) is 2.90. The topological polar surface area (TPSA) is 58.5 Å². The number of halogens is 1. The second kappa shape index (κ2) is 12.2. The number of guanidine groups is 1. The molecule has 0 aromatic carbocycles. The molecule has 0 saturated carbocycles. The van der Waals surface area contributed by atoms with Gasteiger partial charge in [-0.05, 0) is 13.3 Å². The molecule has 122 valence electrons. The van der Waals surface area contributed by atoms with Crippen molar-refractivity contribution in [1.82, 2.24) is 15.6 Å². The van der Waals surface area contributed by atoms with Gasteiger partial charge in [0.2, 0.25) is 0 Å². The minimum Gasteiger partial charge on any atom is -0.385 e. The standard InChI is InChI=1S/C14H26N4OS.HI/c1-5-15-14(16-7-6-8-19-4)17-9-12-10-20-13(18-12)11(2)3;/h10-11H,5-9H2,1-4H3,(H2,15,16,17);1H. The lowest BCUT2D eigenvalue weighted by Gasteiger charge is -2.10. The molecule has 1 aromatic heterocycles. The first-order valence-corrected chi connectivity index (χ1v) is 8.00. The average molecular weight is 426 g/mol. The zero-order valence-electron chi connectivity index (χ0n) is 13.3. The summed E-state index contributed by atoms with van der Waals surface area (Å²) in [5.74, 6) is 1.32. The Labute approximate surface area is 149 Å². The fraction of sp³-hybridized carbons (Fsp3) is 0.714. The zero-order valence-corrected chi connectivity index (χ0v) is 16.5. The molecule has 0 fully saturated rings. The van der Waals surface area contributed by atoms with E-state index in [-0.39, 0.29) is 24.0 Å². The molecule has 0 aliphatic rings. The molecular weight excluding hydrogens is 399 g/mol. The van der Waals surface area contributed by atoms with Gasteiger partial charge in [0.15, 0.2) is 5.96 Å². The normalized spacial score (nSPS) is 11.4. The molecule has 0 saturated heterocycles. The number of hydrogen-bond donors (Lipinski definition) is 2. The van der Waals surface area contributed by atoms with Crippen molar-refractivity contribution in [1.29, 1.82) is 0 Å². The Morgan fingerprint density at radius 1 is 1.43 bits per heavy atom. The number of thiazole rings is 1. The van der Waals surface area contributed by atoms with Crippen molar-refractivity contribution in [3.8, 4) is 0 Å². The molecule has 0 amide bonds. The maximum Gasteiger partial charge on any atom is 0.191 e. The molecule has 1 heterocycles. The molecule has 2 N–H and O–H groups in total. The molecule has 0 unspecified atom stereocenters. The van der Waals surface area contributed by atoms with E-state index in [1.54, 1.807) is 18.4 Å². The summed E-state index contributed by atoms with van der Waals surface area (Å²) in [5.41, 5.74) is 1.03. The molecule has 0 aliphatic heterocycles. The van der Waals surface area contributed by atoms with E-state index < -0.39 is 0 Å². The maximum absolute atomic E-state index is 5.03. The van der Waals surface area contributed by atoms with Gasteiger partial charge in [0.05, 0.1) is 17.2 Å². The van der Waals surface area contributed by atoms with Crippen LogP contribution in [0.2, 0.25) is 0 Å². The lowest BCUT2D eigenvalue weighted by Crippen LogP contribution is -2.38. The van der Waals surface area contributed by atoms with Crippen LogP contribution in [0.1, 0.15) is 43.8 Å². The summed E-state index contributed by atoms with van der Waals surface area (Å²) >= 11 is 1.71. The van der Waals surface area contributed by atoms with E-state index in [1.165, 1.54) is 5.01 Å². The van der Waals surface area contributed by atoms with Crippen LogP contribution >= 0.6 is 35.3 Å². The molecule has 0 aliphatic carbocycles. The lowest BCUT2D eigenvalue weighted by molar-refractivity contribution is 0.195. The second-order valence-electron chi connectivity index (χ2n) is 4.80. The van der Waals surface area contributed by atoms with E-state index in [0.29, 0.717) is 12.5 Å². The van der Waals surface area contributed by atoms with E-state index in [4.69, 9.17) is 4.74 Å². The number of rotatable bonds is 8. The quantitative estimate of drug-likeness (QED) is 0.291. The fourth-order valence-electron chi connectivity index (χ4n) is 1.59. The van der Waals surface area contributed by atoms with Gasteiger partial charge in [-0.1, -0.05) is 13.8 Å². The van der Waals surface area contributed by atoms with Crippen molar-refractivity contribution < 1.29 is 4.74 Å². The smallest absolute Gasteiger partial charge is 0.191 e. The molecule has 1 aromatic rings. The number of hydrogen-bond acceptors (Lipinski definition) is 4. The van der Waals surface area contributed by atoms with Crippen molar-refractivity contribution in [2.45, 2.75) is 39.7 Å². The number of methoxy groups -OCH3 is 1. The summed E-state index contributed by atoms with van der Waals surface area (Å²) in [6, 6.07) is 0. The van der Waals surface area contributed by atoms with Gasteiger partial charge in [0, 0.05) is 38.1 Å². The molecule has 1 rings (SSSR count). The molecular formula is C14H27IN4OS. The molecule has 5 nitrogen and oxygen atoms in total. The van der Waals surface area contributed by atoms with Crippen molar-refractivity contribution in [2.75, 3.05) is 26.8 Å². The van der Waals surface area contributed by atoms with Gasteiger partial charge >= 0.3 is 0 Å². The first-order chi connectivity index (χ1) is 9.67. The Kier molecular flexibility index (Phi) is 11.9. The van der Waals surface area contributed by atoms with E-state index in [2.05, 4.69) is 46.8 Å². The van der Waals surface area contributed by atoms with Crippen LogP contribution in [0.3, 0.4) is 0 Å². The zero-order chi connectivity index (χ0) is 14.8. The maximum atomic E-state index is 5.03. The van der Waals surface area contributed by atoms with Crippen LogP contribution in [-0.4, -0.2) is 37.7 Å². The molecule has 0 radical (unpaired) electrons. The van der Waals surface area contributed by atoms with Crippen molar-refractivity contribution in [3.05, 3.63) is 16.1 Å². The van der Waals surface area contributed by atoms with Crippen molar-refractivity contribution >= 4 is 41.3 Å². The van der Waals surface area contributed by atoms with Gasteiger partial charge in [-0.15, -0.1) is 35.3 Å². The van der Waals surface area contributed by atoms with Crippen LogP contribution in [0.25, 0.3) is 0 Å². The van der Waals surface area contributed by atoms with Gasteiger partial charge < -0.3 is 15.4 Å². The van der Waals surface area contributed by atoms with Gasteiger partial charge in [-0.25, -0.2) is 9.98 Å². The monoisotopic (exact) mass is 426 g/mol. The third kappa shape index (κ3) is 8.57. The predicted octanol–water partition coefficient (Wildman–Crippen LogP) is 2.98. The molecule has 7 heteroatoms. The van der Waals surface area contributed by atoms with Crippen LogP contribution < -0.4 is 10.6 Å². The Hall–Kier alpha value is -0.410. The Morgan fingerprint density at radius 2 is 2.19 bits per heavy atom. The SMILES string of the molecule is CCNC(=NCc1csc(C(C)C)n1)NCCCOC.I. The molecule has 21 heavy (non-hydrogen) atoms. The minimum absolute atomic E-state index is 0. The summed E-state index contributed by atoms with van der Waals surface area (Å²) < 4.78 is 5.03. The summed E-state index contributed by atoms with van der Waals surface area (Å²) in [6.45, 7) is 9.46. The van der Waals surface area contributed by atoms with Crippen LogP contribution in [0.5, 0.6) is 0 Å². The third-order valence-electron chi connectivity index (χ3n) is 2.62. The van der Waals surface area contributed by atoms with Gasteiger partial charge in [-0.3, -0.25) is 0 Å². The number of nitrogens with one attached hydrogen (secondary N) is 2. The van der Waals surface area contributed by atoms with E-state index >= 15 is 0 Å². The third-order valence-corrected chi connectivity index (χ3v) is 3.82. The number of nitrogens with zero attached hydrogens (tertiary/aromatic N) is 2. The molecule has 0 spiro atoms. The first kappa shape index (κ1) is 20.6. The van der Waals surface area contributed by atoms with Crippen molar-refractivity contribution in [3.63, 3.8) is 0 Å². The number of ether oxygens (including phenoxy) is 1. The predicted molar refractivity (Wildman–Crippen MR) is 101 cm³/mol. The second-order valence-corrected chi connectivity index (χ2v) is 5.69. The van der Waals surface area contributed by atoms with Gasteiger partial charge in [0.25, 0.3) is 0 Å². The minimum atomic E-state index is 0. The number of aliphatic imine (C=N–C) groups is 1. The molecule has 0 bridgehead atoms. The highest BCUT2D eigenvalue weighted by Gasteiger charge is 2.05. The fourth-order valence-corrected chi connectivity index (χ4v) is 2.41. The van der Waals surface area contributed by atoms with Crippen LogP contribution in [0.15, 0.2) is 10.4 Å². The summed E-state index contributed by atoms with van der Waals surface area (Å²) in [6.07, 6.45) is 0.967. The Balaban J connectivity index is 0.00000400. The van der Waals surface area contributed by atoms with E-state index in [9.17, 15) is 0 Å². The van der Waals surface area contributed by atoms with E-state index in [0.717, 1.165) is 37.8 Å². The lowest BCUT2D eigenvalue weighted by atomic mass is 10.2. The summed E-state index contributed by atoms with van der Waals surface area (Å²) in [5, 5.41) is 9.79. The summed E-state index contributed by atoms with van der Waals surface area (Å²) in [4.78, 5) is 9.14. The van der Waals surface area contributed by atoms with Crippen LogP contribution in [0.4, 0.5) is 0 Å². The van der Waals surface area contributed by atoms with Crippen molar-refractivity contribution in [2.24, 2.45) is 4.99 Å². The Morgan fingerprint density at radius 3 is 2.76 bits per heavy atom. The highest BCUT2D eigenvalue weighted by molar-refractivity contribution is 14.0. The summed E-state index contributed by atoms with van der Waals surface area (Å²) in [7, 11) is 1.72. The van der Waals surface area contributed by atoms with Gasteiger partial charge in [0.1, 0.15) is 0 Å². The van der Waals surface area contributed by atoms with Crippen LogP contribution in [0, 0.1) is 0 Å². The first-order valence-electron chi connectivity index (χ1n) is 7.12. The highest BCUT2D eigenvalue weighted by Crippen LogP contribution is 2.19. The molecule has 0 atom stereocenters. The van der Waals surface area contributed by atoms with Gasteiger partial charge in [-0.2, -0.15) is 0 Å². The largest absolute Gasteiger partial charge is 0.385 e. The Bertz CT molecular complexity index is 409. The van der Waals surface area contributed by atoms with E-state index in [1.807, 2.05) is 0 Å². The highest BCUT2D eigenvalue weighted by atomic mass is 127. The van der Waals surface area contributed by atoms with Crippen LogP contribution in [-0.2, 0) is 11.3 Å².